The first-order valence-electron chi connectivity index (χ1n) is 5.32. The predicted octanol–water partition coefficient (Wildman–Crippen LogP) is 2.25. The Hall–Kier alpha value is -0.810. The zero-order valence-electron chi connectivity index (χ0n) is 8.74. The summed E-state index contributed by atoms with van der Waals surface area (Å²) in [4.78, 5) is 4.26. The van der Waals surface area contributed by atoms with Crippen LogP contribution in [0.1, 0.15) is 18.5 Å². The maximum absolute atomic E-state index is 5.91. The van der Waals surface area contributed by atoms with Crippen LogP contribution in [0.15, 0.2) is 12.3 Å². The molecule has 0 radical (unpaired) electrons. The largest absolute Gasteiger partial charge is 0.448 e. The lowest BCUT2D eigenvalue weighted by molar-refractivity contribution is -0.143. The van der Waals surface area contributed by atoms with Crippen molar-refractivity contribution < 1.29 is 14.2 Å². The lowest BCUT2D eigenvalue weighted by atomic mass is 10.1. The molecule has 3 rings (SSSR count). The van der Waals surface area contributed by atoms with Crippen LogP contribution in [0.2, 0.25) is 0 Å². The molecule has 0 amide bonds. The van der Waals surface area contributed by atoms with Crippen LogP contribution in [0.25, 0.3) is 0 Å². The number of hydrogen-bond acceptors (Lipinski definition) is 4. The van der Waals surface area contributed by atoms with E-state index in [0.29, 0.717) is 13.2 Å². The molecule has 5 heteroatoms. The van der Waals surface area contributed by atoms with Crippen LogP contribution in [-0.4, -0.2) is 24.0 Å². The molecule has 0 unspecified atom stereocenters. The molecule has 1 aromatic rings. The molecule has 1 fully saturated rings. The van der Waals surface area contributed by atoms with E-state index < -0.39 is 5.79 Å². The van der Waals surface area contributed by atoms with Gasteiger partial charge in [0, 0.05) is 24.2 Å². The molecule has 4 nitrogen and oxygen atoms in total. The molecule has 0 atom stereocenters. The van der Waals surface area contributed by atoms with Gasteiger partial charge in [0.05, 0.1) is 25.1 Å². The summed E-state index contributed by atoms with van der Waals surface area (Å²) < 4.78 is 17.1. The van der Waals surface area contributed by atoms with Crippen molar-refractivity contribution in [3.05, 3.63) is 18.0 Å². The van der Waals surface area contributed by atoms with Gasteiger partial charge in [-0.3, -0.25) is 4.98 Å². The Labute approximate surface area is 102 Å². The number of hydrogen-bond donors (Lipinski definition) is 0. The molecule has 2 aliphatic rings. The van der Waals surface area contributed by atoms with E-state index in [9.17, 15) is 0 Å². The molecule has 0 aromatic carbocycles. The Kier molecular flexibility index (Phi) is 2.52. The van der Waals surface area contributed by atoms with E-state index in [2.05, 4.69) is 20.9 Å². The van der Waals surface area contributed by atoms with Crippen LogP contribution in [0.5, 0.6) is 11.5 Å². The lowest BCUT2D eigenvalue weighted by Crippen LogP contribution is -2.43. The van der Waals surface area contributed by atoms with Crippen LogP contribution in [0.4, 0.5) is 0 Å². The average Bonchev–Trinajstić information content (AvgIpc) is 2.66. The summed E-state index contributed by atoms with van der Waals surface area (Å²) >= 11 is 3.37. The Balaban J connectivity index is 1.87. The van der Waals surface area contributed by atoms with Gasteiger partial charge in [-0.05, 0) is 0 Å². The number of halogens is 1. The fraction of sp³-hybridized carbons (Fsp3) is 0.545. The number of alkyl halides is 1. The Bertz CT molecular complexity index is 404. The maximum atomic E-state index is 5.91. The van der Waals surface area contributed by atoms with Crippen LogP contribution in [-0.2, 0) is 10.1 Å². The first-order chi connectivity index (χ1) is 7.81. The van der Waals surface area contributed by atoms with Crippen molar-refractivity contribution in [2.45, 2.75) is 24.0 Å². The molecule has 0 N–H and O–H groups in total. The van der Waals surface area contributed by atoms with Gasteiger partial charge in [0.1, 0.15) is 0 Å². The molecule has 1 aromatic heterocycles. The molecular weight excluding hydrogens is 274 g/mol. The molecule has 1 saturated heterocycles. The van der Waals surface area contributed by atoms with Gasteiger partial charge in [0.2, 0.25) is 0 Å². The standard InChI is InChI=1S/C11H12BrNO3/c12-6-8-5-9-10(7-13-8)16-11(15-9)1-3-14-4-2-11/h5,7H,1-4,6H2. The third-order valence-electron chi connectivity index (χ3n) is 2.87. The zero-order valence-corrected chi connectivity index (χ0v) is 10.3. The maximum Gasteiger partial charge on any atom is 0.256 e. The number of pyridine rings is 1. The first-order valence-corrected chi connectivity index (χ1v) is 6.44. The summed E-state index contributed by atoms with van der Waals surface area (Å²) in [6.45, 7) is 1.37. The summed E-state index contributed by atoms with van der Waals surface area (Å²) in [6, 6.07) is 1.92. The molecule has 86 valence electrons. The van der Waals surface area contributed by atoms with E-state index >= 15 is 0 Å². The van der Waals surface area contributed by atoms with Gasteiger partial charge in [-0.15, -0.1) is 0 Å². The van der Waals surface area contributed by atoms with E-state index in [1.54, 1.807) is 6.20 Å². The molecule has 0 bridgehead atoms. The Morgan fingerprint density at radius 1 is 1.25 bits per heavy atom. The van der Waals surface area contributed by atoms with Gasteiger partial charge in [0.25, 0.3) is 5.79 Å². The predicted molar refractivity (Wildman–Crippen MR) is 60.9 cm³/mol. The van der Waals surface area contributed by atoms with Crippen LogP contribution < -0.4 is 9.47 Å². The minimum absolute atomic E-state index is 0.507. The summed E-state index contributed by atoms with van der Waals surface area (Å²) in [7, 11) is 0. The van der Waals surface area contributed by atoms with E-state index in [1.165, 1.54) is 0 Å². The summed E-state index contributed by atoms with van der Waals surface area (Å²) in [6.07, 6.45) is 3.27. The highest BCUT2D eigenvalue weighted by molar-refractivity contribution is 9.08. The Morgan fingerprint density at radius 2 is 2.00 bits per heavy atom. The zero-order chi connectivity index (χ0) is 11.0. The topological polar surface area (TPSA) is 40.6 Å². The molecule has 2 aliphatic heterocycles. The third-order valence-corrected chi connectivity index (χ3v) is 3.45. The lowest BCUT2D eigenvalue weighted by Gasteiger charge is -2.31. The quantitative estimate of drug-likeness (QED) is 0.742. The van der Waals surface area contributed by atoms with E-state index in [0.717, 1.165) is 35.4 Å². The fourth-order valence-electron chi connectivity index (χ4n) is 2.00. The second-order valence-electron chi connectivity index (χ2n) is 3.98. The average molecular weight is 286 g/mol. The molecule has 16 heavy (non-hydrogen) atoms. The summed E-state index contributed by atoms with van der Waals surface area (Å²) in [5.74, 6) is 1.03. The van der Waals surface area contributed by atoms with Gasteiger partial charge >= 0.3 is 0 Å². The number of rotatable bonds is 1. The molecule has 0 saturated carbocycles. The van der Waals surface area contributed by atoms with E-state index in [4.69, 9.17) is 14.2 Å². The summed E-state index contributed by atoms with van der Waals surface area (Å²) in [5.41, 5.74) is 0.950. The van der Waals surface area contributed by atoms with Crippen molar-refractivity contribution in [3.63, 3.8) is 0 Å². The minimum atomic E-state index is -0.507. The number of fused-ring (bicyclic) bond motifs is 1. The monoisotopic (exact) mass is 285 g/mol. The first kappa shape index (κ1) is 10.4. The van der Waals surface area contributed by atoms with Gasteiger partial charge < -0.3 is 14.2 Å². The van der Waals surface area contributed by atoms with Crippen LogP contribution in [0, 0.1) is 0 Å². The molecule has 3 heterocycles. The van der Waals surface area contributed by atoms with Crippen LogP contribution >= 0.6 is 15.9 Å². The van der Waals surface area contributed by atoms with Crippen LogP contribution in [0.3, 0.4) is 0 Å². The van der Waals surface area contributed by atoms with Crippen molar-refractivity contribution in [2.24, 2.45) is 0 Å². The van der Waals surface area contributed by atoms with Crippen molar-refractivity contribution in [2.75, 3.05) is 13.2 Å². The minimum Gasteiger partial charge on any atom is -0.448 e. The third kappa shape index (κ3) is 1.68. The fourth-order valence-corrected chi connectivity index (χ4v) is 2.31. The number of nitrogens with zero attached hydrogens (tertiary/aromatic N) is 1. The number of ether oxygens (including phenoxy) is 3. The van der Waals surface area contributed by atoms with Gasteiger partial charge in [-0.2, -0.15) is 0 Å². The SMILES string of the molecule is BrCc1cc2c(cn1)OC1(CCOCC1)O2. The van der Waals surface area contributed by atoms with E-state index in [-0.39, 0.29) is 0 Å². The van der Waals surface area contributed by atoms with E-state index in [1.807, 2.05) is 6.07 Å². The highest BCUT2D eigenvalue weighted by Crippen LogP contribution is 2.43. The molecular formula is C11H12BrNO3. The van der Waals surface area contributed by atoms with Gasteiger partial charge in [0.15, 0.2) is 11.5 Å². The molecule has 0 aliphatic carbocycles. The second-order valence-corrected chi connectivity index (χ2v) is 4.54. The second kappa shape index (κ2) is 3.89. The highest BCUT2D eigenvalue weighted by Gasteiger charge is 2.43. The summed E-state index contributed by atoms with van der Waals surface area (Å²) in [5, 5.41) is 0.722. The van der Waals surface area contributed by atoms with Crippen molar-refractivity contribution in [1.29, 1.82) is 0 Å². The Morgan fingerprint density at radius 3 is 2.75 bits per heavy atom. The van der Waals surface area contributed by atoms with Crippen molar-refractivity contribution in [1.82, 2.24) is 4.98 Å². The number of aromatic nitrogens is 1. The van der Waals surface area contributed by atoms with Crippen molar-refractivity contribution in [3.8, 4) is 11.5 Å². The van der Waals surface area contributed by atoms with Gasteiger partial charge in [-0.1, -0.05) is 15.9 Å². The smallest absolute Gasteiger partial charge is 0.256 e. The van der Waals surface area contributed by atoms with Gasteiger partial charge in [-0.25, -0.2) is 0 Å². The molecule has 1 spiro atoms. The normalized spacial score (nSPS) is 21.3. The highest BCUT2D eigenvalue weighted by atomic mass is 79.9. The van der Waals surface area contributed by atoms with Crippen molar-refractivity contribution >= 4 is 15.9 Å².